The van der Waals surface area contributed by atoms with E-state index >= 15 is 0 Å². The fourth-order valence-corrected chi connectivity index (χ4v) is 3.47. The molecule has 0 aliphatic heterocycles. The molecule has 0 saturated heterocycles. The van der Waals surface area contributed by atoms with Gasteiger partial charge in [0.1, 0.15) is 5.60 Å². The van der Waals surface area contributed by atoms with Gasteiger partial charge in [0.05, 0.1) is 11.9 Å². The molecule has 7 nitrogen and oxygen atoms in total. The Morgan fingerprint density at radius 3 is 2.47 bits per heavy atom. The average Bonchev–Trinajstić information content (AvgIpc) is 2.59. The van der Waals surface area contributed by atoms with E-state index in [1.807, 2.05) is 46.8 Å². The fraction of sp³-hybridized carbons (Fsp3) is 0.500. The predicted octanol–water partition coefficient (Wildman–Crippen LogP) is 5.35. The molecule has 0 atom stereocenters. The second kappa shape index (κ2) is 10.0. The van der Waals surface area contributed by atoms with Crippen molar-refractivity contribution in [2.75, 3.05) is 16.4 Å². The molecule has 30 heavy (non-hydrogen) atoms. The SMILES string of the molecule is CC(C)CSc1cc(NC(=O)OC(C)(C)C)cc(-c2cnc(NC(C)C)c(=O)[nH]2)c1. The normalized spacial score (nSPS) is 11.6. The molecular formula is C22H32N4O3S. The number of aromatic amines is 1. The molecule has 0 unspecified atom stereocenters. The van der Waals surface area contributed by atoms with Crippen LogP contribution in [0.25, 0.3) is 11.3 Å². The van der Waals surface area contributed by atoms with Crippen LogP contribution in [0.1, 0.15) is 48.5 Å². The molecular weight excluding hydrogens is 400 g/mol. The molecule has 0 aliphatic carbocycles. The van der Waals surface area contributed by atoms with E-state index in [4.69, 9.17) is 4.74 Å². The number of benzene rings is 1. The van der Waals surface area contributed by atoms with Crippen molar-refractivity contribution in [3.05, 3.63) is 34.7 Å². The molecule has 1 amide bonds. The lowest BCUT2D eigenvalue weighted by Crippen LogP contribution is -2.27. The Kier molecular flexibility index (Phi) is 7.95. The van der Waals surface area contributed by atoms with Crippen LogP contribution in [0.4, 0.5) is 16.3 Å². The van der Waals surface area contributed by atoms with Crippen molar-refractivity contribution >= 4 is 29.4 Å². The number of aromatic nitrogens is 2. The quantitative estimate of drug-likeness (QED) is 0.510. The van der Waals surface area contributed by atoms with Crippen LogP contribution < -0.4 is 16.2 Å². The first-order valence-electron chi connectivity index (χ1n) is 10.1. The third-order valence-electron chi connectivity index (χ3n) is 3.66. The van der Waals surface area contributed by atoms with Crippen LogP contribution in [0.15, 0.2) is 34.1 Å². The maximum absolute atomic E-state index is 12.4. The molecule has 8 heteroatoms. The van der Waals surface area contributed by atoms with E-state index in [1.54, 1.807) is 24.0 Å². The van der Waals surface area contributed by atoms with Gasteiger partial charge in [-0.2, -0.15) is 0 Å². The molecule has 0 bridgehead atoms. The van der Waals surface area contributed by atoms with E-state index in [0.717, 1.165) is 16.2 Å². The van der Waals surface area contributed by atoms with E-state index in [1.165, 1.54) is 0 Å². The highest BCUT2D eigenvalue weighted by molar-refractivity contribution is 7.99. The first kappa shape index (κ1) is 23.8. The van der Waals surface area contributed by atoms with Gasteiger partial charge < -0.3 is 15.0 Å². The summed E-state index contributed by atoms with van der Waals surface area (Å²) in [5.41, 5.74) is 1.05. The second-order valence-corrected chi connectivity index (χ2v) is 9.94. The average molecular weight is 433 g/mol. The van der Waals surface area contributed by atoms with Crippen molar-refractivity contribution in [1.82, 2.24) is 9.97 Å². The fourth-order valence-electron chi connectivity index (χ4n) is 2.52. The number of rotatable bonds is 7. The minimum Gasteiger partial charge on any atom is -0.444 e. The molecule has 1 heterocycles. The number of hydrogen-bond acceptors (Lipinski definition) is 6. The molecule has 2 rings (SSSR count). The number of anilines is 2. The number of amides is 1. The Bertz CT molecular complexity index is 933. The van der Waals surface area contributed by atoms with E-state index in [9.17, 15) is 9.59 Å². The number of nitrogens with zero attached hydrogens (tertiary/aromatic N) is 1. The van der Waals surface area contributed by atoms with Gasteiger partial charge in [-0.15, -0.1) is 11.8 Å². The lowest BCUT2D eigenvalue weighted by atomic mass is 10.1. The molecule has 164 valence electrons. The zero-order chi connectivity index (χ0) is 22.5. The number of ether oxygens (including phenoxy) is 1. The lowest BCUT2D eigenvalue weighted by Gasteiger charge is -2.20. The molecule has 0 radical (unpaired) electrons. The summed E-state index contributed by atoms with van der Waals surface area (Å²) >= 11 is 1.69. The van der Waals surface area contributed by atoms with Crippen molar-refractivity contribution in [2.24, 2.45) is 5.92 Å². The number of H-pyrrole nitrogens is 1. The van der Waals surface area contributed by atoms with Gasteiger partial charge in [0.15, 0.2) is 5.82 Å². The highest BCUT2D eigenvalue weighted by atomic mass is 32.2. The molecule has 0 aliphatic rings. The summed E-state index contributed by atoms with van der Waals surface area (Å²) < 4.78 is 5.36. The molecule has 0 saturated carbocycles. The summed E-state index contributed by atoms with van der Waals surface area (Å²) in [5.74, 6) is 1.73. The van der Waals surface area contributed by atoms with Gasteiger partial charge in [0.2, 0.25) is 0 Å². The van der Waals surface area contributed by atoms with E-state index in [2.05, 4.69) is 34.4 Å². The minimum absolute atomic E-state index is 0.102. The van der Waals surface area contributed by atoms with Gasteiger partial charge >= 0.3 is 6.09 Å². The van der Waals surface area contributed by atoms with Crippen LogP contribution >= 0.6 is 11.8 Å². The van der Waals surface area contributed by atoms with E-state index in [-0.39, 0.29) is 17.4 Å². The molecule has 1 aromatic carbocycles. The largest absolute Gasteiger partial charge is 0.444 e. The smallest absolute Gasteiger partial charge is 0.412 e. The Labute approximate surface area is 182 Å². The molecule has 0 fully saturated rings. The van der Waals surface area contributed by atoms with Crippen molar-refractivity contribution < 1.29 is 9.53 Å². The first-order valence-corrected chi connectivity index (χ1v) is 11.1. The number of nitrogens with one attached hydrogen (secondary N) is 3. The maximum atomic E-state index is 12.4. The Morgan fingerprint density at radius 1 is 1.20 bits per heavy atom. The second-order valence-electron chi connectivity index (χ2n) is 8.85. The third-order valence-corrected chi connectivity index (χ3v) is 5.06. The van der Waals surface area contributed by atoms with Crippen LogP contribution in [0.3, 0.4) is 0 Å². The van der Waals surface area contributed by atoms with Crippen LogP contribution in [0, 0.1) is 5.92 Å². The zero-order valence-corrected chi connectivity index (χ0v) is 19.6. The van der Waals surface area contributed by atoms with Crippen molar-refractivity contribution in [1.29, 1.82) is 0 Å². The first-order chi connectivity index (χ1) is 13.9. The summed E-state index contributed by atoms with van der Waals surface area (Å²) in [4.78, 5) is 32.8. The Hall–Kier alpha value is -2.48. The summed E-state index contributed by atoms with van der Waals surface area (Å²) in [7, 11) is 0. The van der Waals surface area contributed by atoms with Crippen LogP contribution in [0.5, 0.6) is 0 Å². The summed E-state index contributed by atoms with van der Waals surface area (Å²) in [5, 5.41) is 5.81. The Morgan fingerprint density at radius 2 is 1.90 bits per heavy atom. The van der Waals surface area contributed by atoms with Crippen LogP contribution in [-0.2, 0) is 4.74 Å². The summed E-state index contributed by atoms with van der Waals surface area (Å²) in [6, 6.07) is 5.78. The van der Waals surface area contributed by atoms with Gasteiger partial charge in [0, 0.05) is 27.9 Å². The molecule has 3 N–H and O–H groups in total. The highest BCUT2D eigenvalue weighted by Crippen LogP contribution is 2.30. The number of carbonyl (C=O) groups excluding carboxylic acids is 1. The lowest BCUT2D eigenvalue weighted by molar-refractivity contribution is 0.0636. The van der Waals surface area contributed by atoms with Crippen LogP contribution in [-0.4, -0.2) is 33.5 Å². The third kappa shape index (κ3) is 7.74. The van der Waals surface area contributed by atoms with Gasteiger partial charge in [-0.05, 0) is 58.7 Å². The van der Waals surface area contributed by atoms with Crippen molar-refractivity contribution in [3.8, 4) is 11.3 Å². The van der Waals surface area contributed by atoms with Crippen LogP contribution in [0.2, 0.25) is 0 Å². The summed E-state index contributed by atoms with van der Waals surface area (Å²) in [6.45, 7) is 13.6. The minimum atomic E-state index is -0.592. The molecule has 2 aromatic rings. The van der Waals surface area contributed by atoms with Gasteiger partial charge in [0.25, 0.3) is 5.56 Å². The predicted molar refractivity (Wildman–Crippen MR) is 124 cm³/mol. The number of thioether (sulfide) groups is 1. The van der Waals surface area contributed by atoms with E-state index in [0.29, 0.717) is 17.3 Å². The zero-order valence-electron chi connectivity index (χ0n) is 18.8. The number of hydrogen-bond donors (Lipinski definition) is 3. The molecule has 0 spiro atoms. The van der Waals surface area contributed by atoms with Crippen molar-refractivity contribution in [2.45, 2.75) is 65.0 Å². The molecule has 1 aromatic heterocycles. The maximum Gasteiger partial charge on any atom is 0.412 e. The Balaban J connectivity index is 2.37. The summed E-state index contributed by atoms with van der Waals surface area (Å²) in [6.07, 6.45) is 1.10. The van der Waals surface area contributed by atoms with Crippen molar-refractivity contribution in [3.63, 3.8) is 0 Å². The standard InChI is InChI=1S/C22H32N4O3S/c1-13(2)12-30-17-9-15(8-16(10-17)25-21(28)29-22(5,6)7)18-11-23-19(20(27)26-18)24-14(3)4/h8-11,13-14H,12H2,1-7H3,(H,23,24)(H,25,28)(H,26,27). The van der Waals surface area contributed by atoms with Gasteiger partial charge in [-0.3, -0.25) is 10.1 Å². The van der Waals surface area contributed by atoms with E-state index < -0.39 is 11.7 Å². The van der Waals surface area contributed by atoms with Gasteiger partial charge in [-0.25, -0.2) is 9.78 Å². The topological polar surface area (TPSA) is 96.1 Å². The monoisotopic (exact) mass is 432 g/mol. The number of carbonyl (C=O) groups is 1. The van der Waals surface area contributed by atoms with Gasteiger partial charge in [-0.1, -0.05) is 13.8 Å². The highest BCUT2D eigenvalue weighted by Gasteiger charge is 2.17.